The van der Waals surface area contributed by atoms with Gasteiger partial charge < -0.3 is 4.74 Å². The third-order valence-corrected chi connectivity index (χ3v) is 2.69. The van der Waals surface area contributed by atoms with E-state index in [1.165, 1.54) is 11.6 Å². The lowest BCUT2D eigenvalue weighted by molar-refractivity contribution is -0.145. The van der Waals surface area contributed by atoms with Crippen molar-refractivity contribution >= 4 is 28.6 Å². The van der Waals surface area contributed by atoms with Crippen molar-refractivity contribution in [2.24, 2.45) is 5.92 Å². The van der Waals surface area contributed by atoms with Gasteiger partial charge in [-0.3, -0.25) is 0 Å². The van der Waals surface area contributed by atoms with E-state index in [-0.39, 0.29) is 18.0 Å². The number of rotatable bonds is 3. The highest BCUT2D eigenvalue weighted by molar-refractivity contribution is 14.1. The first kappa shape index (κ1) is 12.5. The summed E-state index contributed by atoms with van der Waals surface area (Å²) in [5.41, 5.74) is 1.20. The zero-order valence-corrected chi connectivity index (χ0v) is 11.1. The Bertz CT molecular complexity index is 316. The monoisotopic (exact) mass is 318 g/mol. The Labute approximate surface area is 104 Å². The molecule has 0 spiro atoms. The zero-order valence-electron chi connectivity index (χ0n) is 8.94. The van der Waals surface area contributed by atoms with E-state index in [2.05, 4.69) is 35.6 Å². The SMILES string of the molecule is CC(/C=C\I)=C\[C@H](C)[C@@H]1CC=CC(=O)O1. The normalized spacial score (nSPS) is 24.3. The average Bonchev–Trinajstić information content (AvgIpc) is 2.18. The van der Waals surface area contributed by atoms with Gasteiger partial charge in [0, 0.05) is 18.4 Å². The number of carbonyl (C=O) groups is 1. The molecule has 0 radical (unpaired) electrons. The minimum atomic E-state index is -0.228. The Morgan fingerprint density at radius 1 is 1.73 bits per heavy atom. The highest BCUT2D eigenvalue weighted by atomic mass is 127. The first-order chi connectivity index (χ1) is 7.13. The van der Waals surface area contributed by atoms with Gasteiger partial charge in [0.05, 0.1) is 0 Å². The van der Waals surface area contributed by atoms with Crippen LogP contribution in [-0.4, -0.2) is 12.1 Å². The van der Waals surface area contributed by atoms with Crippen molar-refractivity contribution in [2.75, 3.05) is 0 Å². The molecule has 82 valence electrons. The van der Waals surface area contributed by atoms with Crippen molar-refractivity contribution in [3.8, 4) is 0 Å². The van der Waals surface area contributed by atoms with Crippen LogP contribution < -0.4 is 0 Å². The maximum absolute atomic E-state index is 11.0. The van der Waals surface area contributed by atoms with Crippen LogP contribution in [0.1, 0.15) is 20.3 Å². The van der Waals surface area contributed by atoms with Gasteiger partial charge in [0.25, 0.3) is 0 Å². The van der Waals surface area contributed by atoms with Crippen molar-refractivity contribution in [2.45, 2.75) is 26.4 Å². The summed E-state index contributed by atoms with van der Waals surface area (Å²) >= 11 is 2.19. The summed E-state index contributed by atoms with van der Waals surface area (Å²) in [6.45, 7) is 4.12. The van der Waals surface area contributed by atoms with Crippen LogP contribution in [0.5, 0.6) is 0 Å². The lowest BCUT2D eigenvalue weighted by Gasteiger charge is -2.23. The van der Waals surface area contributed by atoms with E-state index in [4.69, 9.17) is 4.74 Å². The molecule has 0 aromatic heterocycles. The predicted octanol–water partition coefficient (Wildman–Crippen LogP) is 3.39. The van der Waals surface area contributed by atoms with Crippen molar-refractivity contribution in [3.63, 3.8) is 0 Å². The van der Waals surface area contributed by atoms with Gasteiger partial charge in [0.15, 0.2) is 0 Å². The Balaban J connectivity index is 2.61. The summed E-state index contributed by atoms with van der Waals surface area (Å²) in [7, 11) is 0. The fourth-order valence-electron chi connectivity index (χ4n) is 1.53. The molecule has 0 bridgehead atoms. The van der Waals surface area contributed by atoms with Crippen LogP contribution >= 0.6 is 22.6 Å². The van der Waals surface area contributed by atoms with Gasteiger partial charge in [-0.1, -0.05) is 53.3 Å². The molecule has 0 fully saturated rings. The number of ether oxygens (including phenoxy) is 1. The number of hydrogen-bond acceptors (Lipinski definition) is 2. The van der Waals surface area contributed by atoms with Crippen LogP contribution in [0.3, 0.4) is 0 Å². The van der Waals surface area contributed by atoms with E-state index < -0.39 is 0 Å². The number of esters is 1. The Hall–Kier alpha value is -0.580. The minimum absolute atomic E-state index is 0.0138. The molecule has 15 heavy (non-hydrogen) atoms. The number of carbonyl (C=O) groups excluding carboxylic acids is 1. The first-order valence-electron chi connectivity index (χ1n) is 4.96. The topological polar surface area (TPSA) is 26.3 Å². The molecule has 1 aliphatic heterocycles. The molecule has 0 amide bonds. The summed E-state index contributed by atoms with van der Waals surface area (Å²) in [6, 6.07) is 0. The highest BCUT2D eigenvalue weighted by Gasteiger charge is 2.20. The van der Waals surface area contributed by atoms with Crippen LogP contribution in [0.15, 0.2) is 34.0 Å². The molecule has 0 saturated carbocycles. The van der Waals surface area contributed by atoms with Crippen molar-refractivity contribution in [1.29, 1.82) is 0 Å². The predicted molar refractivity (Wildman–Crippen MR) is 69.7 cm³/mol. The van der Waals surface area contributed by atoms with Crippen molar-refractivity contribution < 1.29 is 9.53 Å². The van der Waals surface area contributed by atoms with Crippen LogP contribution in [0.2, 0.25) is 0 Å². The van der Waals surface area contributed by atoms with Gasteiger partial charge in [0.1, 0.15) is 6.10 Å². The molecular weight excluding hydrogens is 303 g/mol. The van der Waals surface area contributed by atoms with Gasteiger partial charge in [-0.25, -0.2) is 4.79 Å². The summed E-state index contributed by atoms with van der Waals surface area (Å²) < 4.78 is 7.21. The van der Waals surface area contributed by atoms with E-state index >= 15 is 0 Å². The minimum Gasteiger partial charge on any atom is -0.458 e. The molecule has 0 aliphatic carbocycles. The Morgan fingerprint density at radius 2 is 2.47 bits per heavy atom. The zero-order chi connectivity index (χ0) is 11.3. The summed E-state index contributed by atoms with van der Waals surface area (Å²) in [4.78, 5) is 11.0. The van der Waals surface area contributed by atoms with E-state index in [1.54, 1.807) is 0 Å². The molecule has 2 nitrogen and oxygen atoms in total. The van der Waals surface area contributed by atoms with Gasteiger partial charge in [-0.15, -0.1) is 0 Å². The third-order valence-electron chi connectivity index (χ3n) is 2.33. The molecule has 1 heterocycles. The summed E-state index contributed by atoms with van der Waals surface area (Å²) in [6.07, 6.45) is 8.34. The van der Waals surface area contributed by atoms with Crippen molar-refractivity contribution in [3.05, 3.63) is 34.0 Å². The van der Waals surface area contributed by atoms with Gasteiger partial charge >= 0.3 is 5.97 Å². The summed E-state index contributed by atoms with van der Waals surface area (Å²) in [5.74, 6) is 0.0279. The number of cyclic esters (lactones) is 1. The average molecular weight is 318 g/mol. The van der Waals surface area contributed by atoms with Crippen molar-refractivity contribution in [1.82, 2.24) is 0 Å². The van der Waals surface area contributed by atoms with E-state index in [0.717, 1.165) is 6.42 Å². The fourth-order valence-corrected chi connectivity index (χ4v) is 2.10. The van der Waals surface area contributed by atoms with Gasteiger partial charge in [-0.05, 0) is 11.0 Å². The molecule has 0 saturated heterocycles. The number of halogens is 1. The second kappa shape index (κ2) is 6.10. The second-order valence-corrected chi connectivity index (χ2v) is 4.40. The van der Waals surface area contributed by atoms with Gasteiger partial charge in [-0.2, -0.15) is 0 Å². The van der Waals surface area contributed by atoms with Gasteiger partial charge in [0.2, 0.25) is 0 Å². The molecule has 0 N–H and O–H groups in total. The quantitative estimate of drug-likeness (QED) is 0.453. The second-order valence-electron chi connectivity index (χ2n) is 3.68. The molecule has 0 aromatic rings. The molecule has 0 aromatic carbocycles. The third kappa shape index (κ3) is 4.20. The molecule has 1 rings (SSSR count). The van der Waals surface area contributed by atoms with Crippen LogP contribution in [0.25, 0.3) is 0 Å². The van der Waals surface area contributed by atoms with E-state index in [9.17, 15) is 4.79 Å². The standard InChI is InChI=1S/C12H15IO2/c1-9(6-7-13)8-10(2)11-4-3-5-12(14)15-11/h3,5-8,10-11H,4H2,1-2H3/b7-6-,9-8+/t10-,11-/m0/s1. The summed E-state index contributed by atoms with van der Waals surface area (Å²) in [5, 5.41) is 0. The number of allylic oxidation sites excluding steroid dienone is 2. The molecule has 2 atom stereocenters. The highest BCUT2D eigenvalue weighted by Crippen LogP contribution is 2.19. The fraction of sp³-hybridized carbons (Fsp3) is 0.417. The van der Waals surface area contributed by atoms with Crippen LogP contribution in [0.4, 0.5) is 0 Å². The molecule has 1 aliphatic rings. The lowest BCUT2D eigenvalue weighted by atomic mass is 9.98. The maximum Gasteiger partial charge on any atom is 0.330 e. The van der Waals surface area contributed by atoms with E-state index in [1.807, 2.05) is 23.2 Å². The molecule has 0 unspecified atom stereocenters. The Morgan fingerprint density at radius 3 is 3.07 bits per heavy atom. The van der Waals surface area contributed by atoms with Crippen LogP contribution in [0, 0.1) is 5.92 Å². The largest absolute Gasteiger partial charge is 0.458 e. The van der Waals surface area contributed by atoms with E-state index in [0.29, 0.717) is 0 Å². The Kier molecular flexibility index (Phi) is 5.08. The molecule has 3 heteroatoms. The lowest BCUT2D eigenvalue weighted by Crippen LogP contribution is -2.25. The smallest absolute Gasteiger partial charge is 0.330 e. The first-order valence-corrected chi connectivity index (χ1v) is 6.20. The maximum atomic E-state index is 11.0. The molecular formula is C12H15IO2. The van der Waals surface area contributed by atoms with Crippen LogP contribution in [-0.2, 0) is 9.53 Å². The number of hydrogen-bond donors (Lipinski definition) is 0.